The zero-order valence-corrected chi connectivity index (χ0v) is 8.95. The van der Waals surface area contributed by atoms with Gasteiger partial charge in [0, 0.05) is 28.9 Å². The van der Waals surface area contributed by atoms with E-state index in [9.17, 15) is 14.7 Å². The number of carbonyl (C=O) groups excluding carboxylic acids is 2. The van der Waals surface area contributed by atoms with E-state index in [1.807, 2.05) is 0 Å². The molecule has 0 spiro atoms. The van der Waals surface area contributed by atoms with Gasteiger partial charge in [-0.15, -0.1) is 0 Å². The van der Waals surface area contributed by atoms with E-state index in [4.69, 9.17) is 11.6 Å². The lowest BCUT2D eigenvalue weighted by Gasteiger charge is -2.10. The first-order chi connectivity index (χ1) is 7.00. The number of carboxylic acids is 1. The molecule has 0 aliphatic rings. The van der Waals surface area contributed by atoms with Crippen molar-refractivity contribution in [1.82, 2.24) is 0 Å². The van der Waals surface area contributed by atoms with Crippen LogP contribution in [-0.2, 0) is 4.79 Å². The van der Waals surface area contributed by atoms with Crippen molar-refractivity contribution in [3.8, 4) is 0 Å². The highest BCUT2D eigenvalue weighted by molar-refractivity contribution is 6.30. The molecule has 0 saturated carbocycles. The molecule has 80 valence electrons. The summed E-state index contributed by atoms with van der Waals surface area (Å²) in [6.45, 7) is 1.45. The highest BCUT2D eigenvalue weighted by Crippen LogP contribution is 2.13. The second-order valence-electron chi connectivity index (χ2n) is 3.35. The van der Waals surface area contributed by atoms with Gasteiger partial charge in [-0.05, 0) is 24.3 Å². The molecule has 0 heterocycles. The number of carbonyl (C=O) groups is 2. The van der Waals surface area contributed by atoms with Crippen molar-refractivity contribution in [3.63, 3.8) is 0 Å². The molecule has 1 aromatic carbocycles. The number of rotatable bonds is 4. The average molecular weight is 226 g/mol. The summed E-state index contributed by atoms with van der Waals surface area (Å²) >= 11 is 5.66. The van der Waals surface area contributed by atoms with Crippen LogP contribution in [0.2, 0.25) is 5.02 Å². The number of aliphatic carboxylic acids is 1. The van der Waals surface area contributed by atoms with Crippen LogP contribution in [0.25, 0.3) is 0 Å². The Balaban J connectivity index is 2.69. The zero-order valence-electron chi connectivity index (χ0n) is 8.20. The van der Waals surface area contributed by atoms with Crippen LogP contribution >= 0.6 is 11.6 Å². The number of hydrogen-bond donors (Lipinski definition) is 0. The van der Waals surface area contributed by atoms with Crippen molar-refractivity contribution in [2.75, 3.05) is 0 Å². The van der Waals surface area contributed by atoms with Gasteiger partial charge < -0.3 is 9.90 Å². The Kier molecular flexibility index (Phi) is 3.86. The summed E-state index contributed by atoms with van der Waals surface area (Å²) in [6, 6.07) is 6.34. The summed E-state index contributed by atoms with van der Waals surface area (Å²) < 4.78 is 0. The smallest absolute Gasteiger partial charge is 0.163 e. The molecule has 0 N–H and O–H groups in total. The molecule has 0 bridgehead atoms. The summed E-state index contributed by atoms with van der Waals surface area (Å²) in [6.07, 6.45) is -0.0516. The lowest BCUT2D eigenvalue weighted by Crippen LogP contribution is -2.30. The summed E-state index contributed by atoms with van der Waals surface area (Å²) in [5.41, 5.74) is 0.465. The highest BCUT2D eigenvalue weighted by atomic mass is 35.5. The number of ketones is 1. The van der Waals surface area contributed by atoms with Crippen molar-refractivity contribution in [2.45, 2.75) is 13.3 Å². The molecule has 1 atom stereocenters. The number of halogens is 1. The fourth-order valence-electron chi connectivity index (χ4n) is 1.12. The summed E-state index contributed by atoms with van der Waals surface area (Å²) in [5, 5.41) is 11.0. The largest absolute Gasteiger partial charge is 0.550 e. The van der Waals surface area contributed by atoms with Crippen molar-refractivity contribution in [2.24, 2.45) is 5.92 Å². The maximum Gasteiger partial charge on any atom is 0.163 e. The fraction of sp³-hybridized carbons (Fsp3) is 0.273. The quantitative estimate of drug-likeness (QED) is 0.726. The van der Waals surface area contributed by atoms with E-state index >= 15 is 0 Å². The van der Waals surface area contributed by atoms with Gasteiger partial charge in [-0.3, -0.25) is 4.79 Å². The minimum atomic E-state index is -1.21. The second kappa shape index (κ2) is 4.94. The minimum absolute atomic E-state index is 0.0516. The fourth-order valence-corrected chi connectivity index (χ4v) is 1.24. The monoisotopic (exact) mass is 225 g/mol. The molecule has 1 rings (SSSR count). The molecular formula is C11H10ClO3-. The van der Waals surface area contributed by atoms with Gasteiger partial charge in [-0.2, -0.15) is 0 Å². The van der Waals surface area contributed by atoms with E-state index < -0.39 is 11.9 Å². The van der Waals surface area contributed by atoms with Crippen LogP contribution in [0.3, 0.4) is 0 Å². The molecule has 1 aromatic rings. The predicted octanol–water partition coefficient (Wildman–Crippen LogP) is 1.30. The zero-order chi connectivity index (χ0) is 11.4. The molecule has 0 aromatic heterocycles. The third-order valence-electron chi connectivity index (χ3n) is 2.06. The molecule has 0 aliphatic heterocycles. The van der Waals surface area contributed by atoms with Gasteiger partial charge >= 0.3 is 0 Å². The first-order valence-electron chi connectivity index (χ1n) is 4.50. The first-order valence-corrected chi connectivity index (χ1v) is 4.88. The van der Waals surface area contributed by atoms with Crippen molar-refractivity contribution < 1.29 is 14.7 Å². The molecular weight excluding hydrogens is 216 g/mol. The second-order valence-corrected chi connectivity index (χ2v) is 3.79. The van der Waals surface area contributed by atoms with E-state index in [0.29, 0.717) is 10.6 Å². The van der Waals surface area contributed by atoms with Crippen LogP contribution in [0.5, 0.6) is 0 Å². The Morgan fingerprint density at radius 3 is 2.33 bits per heavy atom. The predicted molar refractivity (Wildman–Crippen MR) is 54.6 cm³/mol. The van der Waals surface area contributed by atoms with Crippen molar-refractivity contribution in [3.05, 3.63) is 34.9 Å². The van der Waals surface area contributed by atoms with Gasteiger partial charge in [-0.1, -0.05) is 18.5 Å². The Bertz CT molecular complexity index is 370. The average Bonchev–Trinajstić information content (AvgIpc) is 2.18. The van der Waals surface area contributed by atoms with E-state index in [-0.39, 0.29) is 12.2 Å². The van der Waals surface area contributed by atoms with Gasteiger partial charge in [0.2, 0.25) is 0 Å². The Morgan fingerprint density at radius 1 is 1.33 bits per heavy atom. The molecule has 3 nitrogen and oxygen atoms in total. The molecule has 0 saturated heterocycles. The van der Waals surface area contributed by atoms with Crippen LogP contribution in [0.1, 0.15) is 23.7 Å². The lowest BCUT2D eigenvalue weighted by atomic mass is 10.00. The van der Waals surface area contributed by atoms with Gasteiger partial charge in [0.15, 0.2) is 5.78 Å². The standard InChI is InChI=1S/C11H11ClO3/c1-7(11(14)15)6-10(13)8-2-4-9(12)5-3-8/h2-5,7H,6H2,1H3,(H,14,15)/p-1/t7-/m1/s1. The number of Topliss-reactive ketones (excluding diaryl/α,β-unsaturated/α-hetero) is 1. The summed E-state index contributed by atoms with van der Waals surface area (Å²) in [7, 11) is 0. The molecule has 0 radical (unpaired) electrons. The van der Waals surface area contributed by atoms with Gasteiger partial charge in [0.25, 0.3) is 0 Å². The van der Waals surface area contributed by atoms with E-state index in [1.54, 1.807) is 24.3 Å². The molecule has 0 fully saturated rings. The SMILES string of the molecule is C[C@H](CC(=O)c1ccc(Cl)cc1)C(=O)[O-]. The van der Waals surface area contributed by atoms with Crippen molar-refractivity contribution in [1.29, 1.82) is 0 Å². The van der Waals surface area contributed by atoms with Crippen LogP contribution < -0.4 is 5.11 Å². The maximum absolute atomic E-state index is 11.5. The molecule has 0 amide bonds. The summed E-state index contributed by atoms with van der Waals surface area (Å²) in [4.78, 5) is 22.0. The molecule has 4 heteroatoms. The molecule has 15 heavy (non-hydrogen) atoms. The minimum Gasteiger partial charge on any atom is -0.550 e. The normalized spacial score (nSPS) is 12.1. The van der Waals surface area contributed by atoms with Crippen LogP contribution in [0.4, 0.5) is 0 Å². The lowest BCUT2D eigenvalue weighted by molar-refractivity contribution is -0.310. The maximum atomic E-state index is 11.5. The highest BCUT2D eigenvalue weighted by Gasteiger charge is 2.11. The third kappa shape index (κ3) is 3.36. The Morgan fingerprint density at radius 2 is 1.87 bits per heavy atom. The third-order valence-corrected chi connectivity index (χ3v) is 2.31. The molecule has 0 unspecified atom stereocenters. The number of benzene rings is 1. The first kappa shape index (κ1) is 11.7. The molecule has 0 aliphatic carbocycles. The number of carboxylic acid groups (broad SMARTS) is 1. The van der Waals surface area contributed by atoms with Crippen molar-refractivity contribution >= 4 is 23.4 Å². The Labute approximate surface area is 92.7 Å². The Hall–Kier alpha value is -1.35. The van der Waals surface area contributed by atoms with Crippen LogP contribution in [0.15, 0.2) is 24.3 Å². The van der Waals surface area contributed by atoms with Gasteiger partial charge in [0.05, 0.1) is 0 Å². The van der Waals surface area contributed by atoms with Crippen LogP contribution in [0, 0.1) is 5.92 Å². The summed E-state index contributed by atoms with van der Waals surface area (Å²) in [5.74, 6) is -2.20. The van der Waals surface area contributed by atoms with E-state index in [2.05, 4.69) is 0 Å². The van der Waals surface area contributed by atoms with E-state index in [0.717, 1.165) is 0 Å². The van der Waals surface area contributed by atoms with Gasteiger partial charge in [0.1, 0.15) is 0 Å². The van der Waals surface area contributed by atoms with E-state index in [1.165, 1.54) is 6.92 Å². The topological polar surface area (TPSA) is 57.2 Å². The van der Waals surface area contributed by atoms with Gasteiger partial charge in [-0.25, -0.2) is 0 Å². The number of hydrogen-bond acceptors (Lipinski definition) is 3. The van der Waals surface area contributed by atoms with Crippen LogP contribution in [-0.4, -0.2) is 11.8 Å².